The van der Waals surface area contributed by atoms with E-state index in [4.69, 9.17) is 4.74 Å². The van der Waals surface area contributed by atoms with E-state index in [2.05, 4.69) is 21.2 Å². The molecule has 2 rings (SSSR count). The van der Waals surface area contributed by atoms with Gasteiger partial charge in [0.05, 0.1) is 18.6 Å². The number of halogens is 1. The maximum atomic E-state index is 12.0. The zero-order chi connectivity index (χ0) is 12.4. The summed E-state index contributed by atoms with van der Waals surface area (Å²) >= 11 is 3.40. The van der Waals surface area contributed by atoms with Gasteiger partial charge in [-0.2, -0.15) is 0 Å². The Morgan fingerprint density at radius 2 is 2.29 bits per heavy atom. The predicted octanol–water partition coefficient (Wildman–Crippen LogP) is 3.12. The maximum absolute atomic E-state index is 12.0. The molecule has 1 heterocycles. The predicted molar refractivity (Wildman–Crippen MR) is 71.0 cm³/mol. The summed E-state index contributed by atoms with van der Waals surface area (Å²) < 4.78 is 6.42. The average Bonchev–Trinajstić information content (AvgIpc) is 2.69. The van der Waals surface area contributed by atoms with Crippen molar-refractivity contribution in [1.29, 1.82) is 0 Å². The van der Waals surface area contributed by atoms with Gasteiger partial charge in [0.2, 0.25) is 5.91 Å². The molecule has 0 saturated carbocycles. The molecule has 1 N–H and O–H groups in total. The van der Waals surface area contributed by atoms with Crippen LogP contribution < -0.4 is 5.32 Å². The third kappa shape index (κ3) is 3.07. The van der Waals surface area contributed by atoms with Crippen molar-refractivity contribution < 1.29 is 9.53 Å². The third-order valence-corrected chi connectivity index (χ3v) is 3.51. The van der Waals surface area contributed by atoms with Gasteiger partial charge in [0.25, 0.3) is 0 Å². The number of carbonyl (C=O) groups excluding carboxylic acids is 1. The Bertz CT molecular complexity index is 433. The number of carbonyl (C=O) groups is 1. The molecule has 1 aromatic carbocycles. The molecule has 0 bridgehead atoms. The molecule has 92 valence electrons. The van der Waals surface area contributed by atoms with Crippen molar-refractivity contribution in [2.45, 2.75) is 26.4 Å². The molecular weight excluding hydrogens is 282 g/mol. The highest BCUT2D eigenvalue weighted by Crippen LogP contribution is 2.23. The summed E-state index contributed by atoms with van der Waals surface area (Å²) in [5.41, 5.74) is 1.93. The molecular formula is C13H16BrNO2. The molecule has 0 aliphatic carbocycles. The monoisotopic (exact) mass is 297 g/mol. The van der Waals surface area contributed by atoms with Gasteiger partial charge in [-0.05, 0) is 44.0 Å². The van der Waals surface area contributed by atoms with Crippen molar-refractivity contribution in [2.24, 2.45) is 5.92 Å². The number of aryl methyl sites for hydroxylation is 1. The first-order valence-corrected chi connectivity index (χ1v) is 6.54. The lowest BCUT2D eigenvalue weighted by Crippen LogP contribution is -2.23. The summed E-state index contributed by atoms with van der Waals surface area (Å²) in [6.07, 6.45) is 0.998. The van der Waals surface area contributed by atoms with Crippen LogP contribution in [-0.2, 0) is 9.53 Å². The Kier molecular flexibility index (Phi) is 3.84. The highest BCUT2D eigenvalue weighted by Gasteiger charge is 2.28. The van der Waals surface area contributed by atoms with Gasteiger partial charge in [0, 0.05) is 10.2 Å². The van der Waals surface area contributed by atoms with E-state index < -0.39 is 0 Å². The van der Waals surface area contributed by atoms with Gasteiger partial charge in [-0.15, -0.1) is 0 Å². The lowest BCUT2D eigenvalue weighted by atomic mass is 10.1. The van der Waals surface area contributed by atoms with Crippen LogP contribution >= 0.6 is 15.9 Å². The fourth-order valence-electron chi connectivity index (χ4n) is 2.00. The minimum atomic E-state index is -0.0203. The standard InChI is InChI=1S/C13H16BrNO2/c1-8-5-11(14)3-4-12(8)15-13(16)10-6-9(2)17-7-10/h3-5,9-10H,6-7H2,1-2H3,(H,15,16). The Labute approximate surface area is 110 Å². The van der Waals surface area contributed by atoms with Crippen LogP contribution in [0.15, 0.2) is 22.7 Å². The molecule has 1 amide bonds. The Balaban J connectivity index is 2.03. The highest BCUT2D eigenvalue weighted by molar-refractivity contribution is 9.10. The fraction of sp³-hybridized carbons (Fsp3) is 0.462. The molecule has 1 aliphatic rings. The molecule has 1 saturated heterocycles. The maximum Gasteiger partial charge on any atom is 0.229 e. The Morgan fingerprint density at radius 1 is 1.53 bits per heavy atom. The first-order chi connectivity index (χ1) is 8.06. The zero-order valence-electron chi connectivity index (χ0n) is 10.00. The van der Waals surface area contributed by atoms with Gasteiger partial charge in [-0.3, -0.25) is 4.79 Å². The molecule has 0 radical (unpaired) electrons. The molecule has 0 aromatic heterocycles. The van der Waals surface area contributed by atoms with Crippen LogP contribution in [-0.4, -0.2) is 18.6 Å². The second kappa shape index (κ2) is 5.19. The molecule has 1 aliphatic heterocycles. The van der Waals surface area contributed by atoms with Crippen molar-refractivity contribution in [3.05, 3.63) is 28.2 Å². The van der Waals surface area contributed by atoms with E-state index in [0.29, 0.717) is 6.61 Å². The Hall–Kier alpha value is -0.870. The summed E-state index contributed by atoms with van der Waals surface area (Å²) in [6.45, 7) is 4.51. The lowest BCUT2D eigenvalue weighted by Gasteiger charge is -2.11. The molecule has 2 unspecified atom stereocenters. The van der Waals surface area contributed by atoms with Crippen molar-refractivity contribution >= 4 is 27.5 Å². The molecule has 1 fully saturated rings. The van der Waals surface area contributed by atoms with Gasteiger partial charge in [0.1, 0.15) is 0 Å². The third-order valence-electron chi connectivity index (χ3n) is 3.02. The molecule has 2 atom stereocenters. The van der Waals surface area contributed by atoms with Gasteiger partial charge in [0.15, 0.2) is 0 Å². The smallest absolute Gasteiger partial charge is 0.229 e. The number of hydrogen-bond acceptors (Lipinski definition) is 2. The van der Waals surface area contributed by atoms with E-state index in [1.807, 2.05) is 32.0 Å². The van der Waals surface area contributed by atoms with Crippen LogP contribution in [0, 0.1) is 12.8 Å². The normalized spacial score (nSPS) is 23.7. The summed E-state index contributed by atoms with van der Waals surface area (Å²) in [5, 5.41) is 2.96. The van der Waals surface area contributed by atoms with Crippen molar-refractivity contribution in [3.63, 3.8) is 0 Å². The zero-order valence-corrected chi connectivity index (χ0v) is 11.6. The van der Waals surface area contributed by atoms with E-state index in [1.54, 1.807) is 0 Å². The molecule has 17 heavy (non-hydrogen) atoms. The molecule has 3 nitrogen and oxygen atoms in total. The van der Waals surface area contributed by atoms with Crippen molar-refractivity contribution in [1.82, 2.24) is 0 Å². The first-order valence-electron chi connectivity index (χ1n) is 5.75. The first kappa shape index (κ1) is 12.6. The number of ether oxygens (including phenoxy) is 1. The second-order valence-electron chi connectivity index (χ2n) is 4.53. The van der Waals surface area contributed by atoms with Crippen LogP contribution in [0.4, 0.5) is 5.69 Å². The quantitative estimate of drug-likeness (QED) is 0.911. The molecule has 0 spiro atoms. The van der Waals surface area contributed by atoms with Crippen LogP contribution in [0.2, 0.25) is 0 Å². The molecule has 1 aromatic rings. The van der Waals surface area contributed by atoms with E-state index in [1.165, 1.54) is 0 Å². The van der Waals surface area contributed by atoms with Gasteiger partial charge in [-0.25, -0.2) is 0 Å². The number of nitrogens with one attached hydrogen (secondary N) is 1. The second-order valence-corrected chi connectivity index (χ2v) is 5.44. The van der Waals surface area contributed by atoms with Gasteiger partial charge < -0.3 is 10.1 Å². The van der Waals surface area contributed by atoms with Gasteiger partial charge in [-0.1, -0.05) is 15.9 Å². The molecule has 4 heteroatoms. The Morgan fingerprint density at radius 3 is 2.88 bits per heavy atom. The minimum absolute atomic E-state index is 0.0203. The van der Waals surface area contributed by atoms with E-state index in [0.717, 1.165) is 22.1 Å². The fourth-order valence-corrected chi connectivity index (χ4v) is 2.48. The lowest BCUT2D eigenvalue weighted by molar-refractivity contribution is -0.119. The topological polar surface area (TPSA) is 38.3 Å². The van der Waals surface area contributed by atoms with E-state index >= 15 is 0 Å². The highest BCUT2D eigenvalue weighted by atomic mass is 79.9. The number of benzene rings is 1. The summed E-state index contributed by atoms with van der Waals surface area (Å²) in [4.78, 5) is 12.0. The SMILES string of the molecule is Cc1cc(Br)ccc1NC(=O)C1COC(C)C1. The van der Waals surface area contributed by atoms with Crippen LogP contribution in [0.1, 0.15) is 18.9 Å². The summed E-state index contributed by atoms with van der Waals surface area (Å²) in [7, 11) is 0. The number of anilines is 1. The summed E-state index contributed by atoms with van der Waals surface area (Å²) in [5.74, 6) is 0.0350. The largest absolute Gasteiger partial charge is 0.378 e. The van der Waals surface area contributed by atoms with Crippen LogP contribution in [0.5, 0.6) is 0 Å². The number of rotatable bonds is 2. The average molecular weight is 298 g/mol. The minimum Gasteiger partial charge on any atom is -0.378 e. The van der Waals surface area contributed by atoms with Crippen molar-refractivity contribution in [3.8, 4) is 0 Å². The van der Waals surface area contributed by atoms with Crippen molar-refractivity contribution in [2.75, 3.05) is 11.9 Å². The number of hydrogen-bond donors (Lipinski definition) is 1. The van der Waals surface area contributed by atoms with Gasteiger partial charge >= 0.3 is 0 Å². The summed E-state index contributed by atoms with van der Waals surface area (Å²) in [6, 6.07) is 5.83. The van der Waals surface area contributed by atoms with E-state index in [9.17, 15) is 4.79 Å². The van der Waals surface area contributed by atoms with Crippen LogP contribution in [0.25, 0.3) is 0 Å². The van der Waals surface area contributed by atoms with E-state index in [-0.39, 0.29) is 17.9 Å². The van der Waals surface area contributed by atoms with Crippen LogP contribution in [0.3, 0.4) is 0 Å². The number of amides is 1.